The molecule has 1 unspecified atom stereocenters. The third-order valence-corrected chi connectivity index (χ3v) is 7.84. The van der Waals surface area contributed by atoms with E-state index in [4.69, 9.17) is 4.74 Å². The van der Waals surface area contributed by atoms with Crippen LogP contribution in [0.2, 0.25) is 0 Å². The average Bonchev–Trinajstić information content (AvgIpc) is 3.72. The molecule has 3 aromatic rings. The van der Waals surface area contributed by atoms with Gasteiger partial charge in [-0.05, 0) is 43.4 Å². The molecule has 1 fully saturated rings. The zero-order chi connectivity index (χ0) is 32.0. The van der Waals surface area contributed by atoms with Crippen LogP contribution in [0.15, 0.2) is 30.5 Å². The number of imidazole rings is 1. The maximum absolute atomic E-state index is 13.8. The number of nitrogens with zero attached hydrogens (tertiary/aromatic N) is 2. The minimum Gasteiger partial charge on any atom is -0.496 e. The Morgan fingerprint density at radius 2 is 1.98 bits per heavy atom. The second-order valence-corrected chi connectivity index (χ2v) is 12.9. The molecule has 0 bridgehead atoms. The molecule has 0 spiro atoms. The number of hydrogen-bond acceptors (Lipinski definition) is 7. The molecular formula is C32H44N8O4. The lowest BCUT2D eigenvalue weighted by atomic mass is 9.93. The number of aromatic nitrogens is 3. The molecule has 12 nitrogen and oxygen atoms in total. The monoisotopic (exact) mass is 604 g/mol. The van der Waals surface area contributed by atoms with Gasteiger partial charge >= 0.3 is 0 Å². The van der Waals surface area contributed by atoms with E-state index in [0.29, 0.717) is 37.4 Å². The minimum atomic E-state index is -0.864. The summed E-state index contributed by atoms with van der Waals surface area (Å²) >= 11 is 0. The van der Waals surface area contributed by atoms with E-state index >= 15 is 0 Å². The number of nitrogens with one attached hydrogen (secondary N) is 6. The van der Waals surface area contributed by atoms with Crippen LogP contribution in [0.3, 0.4) is 0 Å². The number of hydrogen-bond donors (Lipinski definition) is 6. The summed E-state index contributed by atoms with van der Waals surface area (Å²) < 4.78 is 5.41. The van der Waals surface area contributed by atoms with Crippen LogP contribution in [0, 0.1) is 23.2 Å². The van der Waals surface area contributed by atoms with Gasteiger partial charge in [-0.25, -0.2) is 4.98 Å². The van der Waals surface area contributed by atoms with Gasteiger partial charge in [0, 0.05) is 47.2 Å². The number of aromatic amines is 2. The second-order valence-electron chi connectivity index (χ2n) is 12.9. The predicted octanol–water partition coefficient (Wildman–Crippen LogP) is 3.03. The Labute approximate surface area is 258 Å². The van der Waals surface area contributed by atoms with Crippen molar-refractivity contribution < 1.29 is 19.1 Å². The molecule has 1 aromatic carbocycles. The Kier molecular flexibility index (Phi) is 10.3. The third kappa shape index (κ3) is 7.96. The van der Waals surface area contributed by atoms with Crippen molar-refractivity contribution in [3.8, 4) is 11.8 Å². The summed E-state index contributed by atoms with van der Waals surface area (Å²) in [6.45, 7) is 11.0. The number of rotatable bonds is 13. The van der Waals surface area contributed by atoms with E-state index in [1.165, 1.54) is 0 Å². The Morgan fingerprint density at radius 3 is 2.59 bits per heavy atom. The molecule has 0 radical (unpaired) electrons. The first-order valence-corrected chi connectivity index (χ1v) is 15.1. The van der Waals surface area contributed by atoms with E-state index in [-0.39, 0.29) is 29.6 Å². The summed E-state index contributed by atoms with van der Waals surface area (Å²) in [6.07, 6.45) is 3.01. The summed E-state index contributed by atoms with van der Waals surface area (Å²) in [4.78, 5) is 50.5. The van der Waals surface area contributed by atoms with Crippen LogP contribution in [0.4, 0.5) is 0 Å². The summed E-state index contributed by atoms with van der Waals surface area (Å²) in [5.74, 6) is 0.282. The molecular weight excluding hydrogens is 560 g/mol. The number of nitriles is 1. The van der Waals surface area contributed by atoms with Crippen molar-refractivity contribution in [3.05, 3.63) is 47.7 Å². The van der Waals surface area contributed by atoms with E-state index in [2.05, 4.69) is 63.1 Å². The van der Waals surface area contributed by atoms with Crippen molar-refractivity contribution in [2.45, 2.75) is 84.0 Å². The fraction of sp³-hybridized carbons (Fsp3) is 0.531. The zero-order valence-corrected chi connectivity index (χ0v) is 26.3. The van der Waals surface area contributed by atoms with Crippen molar-refractivity contribution in [3.63, 3.8) is 0 Å². The maximum Gasteiger partial charge on any atom is 0.268 e. The number of H-pyrrole nitrogens is 2. The van der Waals surface area contributed by atoms with Gasteiger partial charge in [-0.1, -0.05) is 40.7 Å². The van der Waals surface area contributed by atoms with Crippen molar-refractivity contribution >= 4 is 28.6 Å². The van der Waals surface area contributed by atoms with Gasteiger partial charge in [0.05, 0.1) is 19.2 Å². The average molecular weight is 605 g/mol. The molecule has 0 saturated carbocycles. The van der Waals surface area contributed by atoms with Crippen LogP contribution in [0.1, 0.15) is 75.9 Å². The quantitative estimate of drug-likeness (QED) is 0.174. The molecule has 1 aliphatic heterocycles. The summed E-state index contributed by atoms with van der Waals surface area (Å²) in [7, 11) is 1.57. The molecule has 1 saturated heterocycles. The number of amides is 3. The van der Waals surface area contributed by atoms with E-state index < -0.39 is 29.9 Å². The lowest BCUT2D eigenvalue weighted by Crippen LogP contribution is -2.56. The minimum absolute atomic E-state index is 0.0920. The Hall–Kier alpha value is -4.37. The lowest BCUT2D eigenvalue weighted by molar-refractivity contribution is -0.126. The number of fused-ring (bicyclic) bond motifs is 1. The van der Waals surface area contributed by atoms with Crippen molar-refractivity contribution in [1.82, 2.24) is 36.2 Å². The highest BCUT2D eigenvalue weighted by Crippen LogP contribution is 2.26. The van der Waals surface area contributed by atoms with Gasteiger partial charge < -0.3 is 30.7 Å². The van der Waals surface area contributed by atoms with Crippen LogP contribution in [-0.2, 0) is 21.5 Å². The van der Waals surface area contributed by atoms with E-state index in [9.17, 15) is 19.6 Å². The Morgan fingerprint density at radius 1 is 1.20 bits per heavy atom. The van der Waals surface area contributed by atoms with Crippen LogP contribution in [-0.4, -0.2) is 64.5 Å². The van der Waals surface area contributed by atoms with E-state index in [1.807, 2.05) is 32.0 Å². The lowest BCUT2D eigenvalue weighted by Gasteiger charge is -2.28. The van der Waals surface area contributed by atoms with Gasteiger partial charge in [-0.3, -0.25) is 19.7 Å². The van der Waals surface area contributed by atoms with Gasteiger partial charge in [-0.2, -0.15) is 5.26 Å². The molecule has 236 valence electrons. The van der Waals surface area contributed by atoms with Gasteiger partial charge in [0.25, 0.3) is 5.91 Å². The first-order valence-electron chi connectivity index (χ1n) is 15.1. The van der Waals surface area contributed by atoms with E-state index in [0.717, 1.165) is 22.4 Å². The predicted molar refractivity (Wildman–Crippen MR) is 167 cm³/mol. The number of ether oxygens (including phenoxy) is 1. The second kappa shape index (κ2) is 13.9. The number of benzene rings is 1. The SMILES string of the molecule is COc1cccc2[nH]c(C(=O)N[C@@H](CC(C)C)C(=O)N[C@@H](C[C@@H]3CCNC3=O)C(C#N)NCc3cnc(C(C)(C)C)[nH]3)cc12. The molecule has 4 atom stereocenters. The number of carbonyl (C=O) groups is 3. The largest absolute Gasteiger partial charge is 0.496 e. The van der Waals surface area contributed by atoms with Gasteiger partial charge in [0.15, 0.2) is 0 Å². The van der Waals surface area contributed by atoms with E-state index in [1.54, 1.807) is 19.4 Å². The van der Waals surface area contributed by atoms with Crippen LogP contribution in [0.25, 0.3) is 10.9 Å². The third-order valence-electron chi connectivity index (χ3n) is 7.84. The zero-order valence-electron chi connectivity index (χ0n) is 26.3. The van der Waals surface area contributed by atoms with Crippen molar-refractivity contribution in [2.24, 2.45) is 11.8 Å². The highest BCUT2D eigenvalue weighted by molar-refractivity contribution is 6.01. The van der Waals surface area contributed by atoms with Crippen molar-refractivity contribution in [2.75, 3.05) is 13.7 Å². The molecule has 6 N–H and O–H groups in total. The standard InChI is InChI=1S/C32H44N8O4/c1-18(2)12-24(40-30(43)25-14-21-22(38-25)8-7-9-27(21)44-6)29(42)39-23(13-19-10-11-34-28(19)41)26(15-33)35-16-20-17-36-31(37-20)32(3,4)5/h7-9,14,17-19,23-24,26,35,38H,10-13,16H2,1-6H3,(H,34,41)(H,36,37)(H,39,42)(H,40,43)/t19-,23-,24-,26?/m0/s1. The number of carbonyl (C=O) groups excluding carboxylic acids is 3. The van der Waals surface area contributed by atoms with Crippen LogP contribution in [0.5, 0.6) is 5.75 Å². The Balaban J connectivity index is 1.51. The molecule has 0 aliphatic carbocycles. The molecule has 12 heteroatoms. The summed E-state index contributed by atoms with van der Waals surface area (Å²) in [5.41, 5.74) is 1.69. The molecule has 44 heavy (non-hydrogen) atoms. The molecule has 1 aliphatic rings. The highest BCUT2D eigenvalue weighted by atomic mass is 16.5. The summed E-state index contributed by atoms with van der Waals surface area (Å²) in [6, 6.07) is 7.12. The first-order chi connectivity index (χ1) is 20.9. The highest BCUT2D eigenvalue weighted by Gasteiger charge is 2.34. The van der Waals surface area contributed by atoms with Gasteiger partial charge in [0.2, 0.25) is 11.8 Å². The summed E-state index contributed by atoms with van der Waals surface area (Å²) in [5, 5.41) is 22.9. The molecule has 4 rings (SSSR count). The van der Waals surface area contributed by atoms with Crippen LogP contribution >= 0.6 is 0 Å². The number of methoxy groups -OCH3 is 1. The van der Waals surface area contributed by atoms with Gasteiger partial charge in [0.1, 0.15) is 29.4 Å². The maximum atomic E-state index is 13.8. The molecule has 2 aromatic heterocycles. The normalized spacial score (nSPS) is 17.1. The van der Waals surface area contributed by atoms with Crippen molar-refractivity contribution in [1.29, 1.82) is 5.26 Å². The fourth-order valence-electron chi connectivity index (χ4n) is 5.43. The first kappa shape index (κ1) is 32.5. The van der Waals surface area contributed by atoms with Crippen LogP contribution < -0.4 is 26.0 Å². The Bertz CT molecular complexity index is 1510. The molecule has 3 amide bonds. The smallest absolute Gasteiger partial charge is 0.268 e. The topological polar surface area (TPSA) is 177 Å². The van der Waals surface area contributed by atoms with Gasteiger partial charge in [-0.15, -0.1) is 0 Å². The fourth-order valence-corrected chi connectivity index (χ4v) is 5.43. The molecule has 3 heterocycles.